The average molecular weight is 563 g/mol. The maximum atomic E-state index is 14.8. The zero-order valence-electron chi connectivity index (χ0n) is 20.9. The first-order valence-electron chi connectivity index (χ1n) is 12.7. The molecule has 0 unspecified atom stereocenters. The number of fused-ring (bicyclic) bond motifs is 1. The molecule has 1 aliphatic carbocycles. The molecule has 38 heavy (non-hydrogen) atoms. The smallest absolute Gasteiger partial charge is 0.225 e. The van der Waals surface area contributed by atoms with Crippen LogP contribution >= 0.6 is 23.2 Å². The molecule has 1 aromatic carbocycles. The molecule has 0 spiro atoms. The van der Waals surface area contributed by atoms with Crippen LogP contribution in [-0.2, 0) is 9.59 Å². The second-order valence-electron chi connectivity index (χ2n) is 9.93. The van der Waals surface area contributed by atoms with Crippen molar-refractivity contribution in [1.82, 2.24) is 24.4 Å². The molecular weight excluding hydrogens is 534 g/mol. The van der Waals surface area contributed by atoms with Gasteiger partial charge in [0, 0.05) is 43.0 Å². The third-order valence-corrected chi connectivity index (χ3v) is 7.86. The van der Waals surface area contributed by atoms with Crippen LogP contribution in [0.15, 0.2) is 18.3 Å². The number of nitrogens with two attached hydrogens (primary N) is 1. The minimum Gasteiger partial charge on any atom is -0.369 e. The lowest BCUT2D eigenvalue weighted by molar-refractivity contribution is -0.129. The highest BCUT2D eigenvalue weighted by Crippen LogP contribution is 2.38. The Morgan fingerprint density at radius 3 is 2.58 bits per heavy atom. The first-order chi connectivity index (χ1) is 18.2. The number of rotatable bonds is 6. The minimum absolute atomic E-state index is 0.0204. The fourth-order valence-corrected chi connectivity index (χ4v) is 5.87. The maximum absolute atomic E-state index is 14.8. The number of benzene rings is 1. The molecule has 10 nitrogen and oxygen atoms in total. The second kappa shape index (κ2) is 10.9. The van der Waals surface area contributed by atoms with Crippen molar-refractivity contribution in [3.8, 4) is 0 Å². The van der Waals surface area contributed by atoms with E-state index in [1.807, 2.05) is 9.47 Å². The van der Waals surface area contributed by atoms with Gasteiger partial charge in [-0.3, -0.25) is 14.2 Å². The summed E-state index contributed by atoms with van der Waals surface area (Å²) in [6.07, 6.45) is 6.02. The largest absolute Gasteiger partial charge is 0.369 e. The Morgan fingerprint density at radius 1 is 1.13 bits per heavy atom. The standard InChI is InChI=1S/C25H29Cl2FN8O2/c1-13(37)35-8-2-3-16(12-35)31-24-30-11-20-23(34-24)36(17-6-4-14(5-7-17)22(29)38)25(32-20)33-21-18(27)9-15(26)10-19(21)28/h9-11,14,16-17H,2-8,12H2,1H3,(H2,29,38)(H,32,33)(H,30,31,34)/t14-,16-,17-/m1/s1. The lowest BCUT2D eigenvalue weighted by Gasteiger charge is -2.32. The molecular formula is C25H29Cl2FN8O2. The summed E-state index contributed by atoms with van der Waals surface area (Å²) in [6, 6.07) is 2.59. The number of carbonyl (C=O) groups excluding carboxylic acids is 2. The summed E-state index contributed by atoms with van der Waals surface area (Å²) >= 11 is 12.2. The molecule has 3 aromatic rings. The summed E-state index contributed by atoms with van der Waals surface area (Å²) in [7, 11) is 0. The third-order valence-electron chi connectivity index (χ3n) is 7.34. The number of hydrogen-bond donors (Lipinski definition) is 3. The van der Waals surface area contributed by atoms with Crippen molar-refractivity contribution in [1.29, 1.82) is 0 Å². The van der Waals surface area contributed by atoms with Crippen LogP contribution in [0, 0.1) is 11.7 Å². The summed E-state index contributed by atoms with van der Waals surface area (Å²) in [6.45, 7) is 2.89. The van der Waals surface area contributed by atoms with E-state index in [1.165, 1.54) is 12.1 Å². The molecule has 202 valence electrons. The molecule has 13 heteroatoms. The number of anilines is 3. The van der Waals surface area contributed by atoms with E-state index in [2.05, 4.69) is 20.6 Å². The number of primary amides is 1. The number of hydrogen-bond acceptors (Lipinski definition) is 7. The monoisotopic (exact) mass is 562 g/mol. The minimum atomic E-state index is -0.612. The van der Waals surface area contributed by atoms with E-state index in [-0.39, 0.29) is 45.5 Å². The molecule has 4 N–H and O–H groups in total. The summed E-state index contributed by atoms with van der Waals surface area (Å²) in [4.78, 5) is 39.3. The van der Waals surface area contributed by atoms with Crippen LogP contribution in [0.4, 0.5) is 22.0 Å². The molecule has 1 saturated carbocycles. The zero-order chi connectivity index (χ0) is 27.0. The van der Waals surface area contributed by atoms with Crippen LogP contribution in [-0.4, -0.2) is 55.4 Å². The molecule has 0 radical (unpaired) electrons. The van der Waals surface area contributed by atoms with Gasteiger partial charge >= 0.3 is 0 Å². The van der Waals surface area contributed by atoms with Gasteiger partial charge in [-0.15, -0.1) is 0 Å². The van der Waals surface area contributed by atoms with Crippen molar-refractivity contribution < 1.29 is 14.0 Å². The van der Waals surface area contributed by atoms with Gasteiger partial charge in [0.05, 0.1) is 16.9 Å². The van der Waals surface area contributed by atoms with Gasteiger partial charge in [-0.25, -0.2) is 14.4 Å². The Kier molecular flexibility index (Phi) is 7.58. The van der Waals surface area contributed by atoms with Gasteiger partial charge in [0.25, 0.3) is 0 Å². The van der Waals surface area contributed by atoms with Crippen LogP contribution in [0.2, 0.25) is 10.0 Å². The van der Waals surface area contributed by atoms with E-state index < -0.39 is 5.82 Å². The van der Waals surface area contributed by atoms with Gasteiger partial charge in [0.2, 0.25) is 23.7 Å². The van der Waals surface area contributed by atoms with Gasteiger partial charge in [-0.05, 0) is 50.7 Å². The fraction of sp³-hybridized carbons (Fsp3) is 0.480. The van der Waals surface area contributed by atoms with Crippen LogP contribution in [0.1, 0.15) is 51.5 Å². The summed E-state index contributed by atoms with van der Waals surface area (Å²) in [5.74, 6) is -0.267. The number of imidazole rings is 1. The predicted octanol–water partition coefficient (Wildman–Crippen LogP) is 4.66. The molecule has 1 atom stereocenters. The predicted molar refractivity (Wildman–Crippen MR) is 144 cm³/mol. The van der Waals surface area contributed by atoms with Crippen molar-refractivity contribution >= 4 is 63.8 Å². The van der Waals surface area contributed by atoms with Gasteiger partial charge < -0.3 is 21.3 Å². The van der Waals surface area contributed by atoms with E-state index in [0.717, 1.165) is 19.4 Å². The number of aromatic nitrogens is 4. The SMILES string of the molecule is CC(=O)N1CCC[C@@H](Nc2ncc3nc(Nc4c(F)cc(Cl)cc4Cl)n([C@H]4CC[C@H](C(N)=O)CC4)c3n2)C1. The van der Waals surface area contributed by atoms with E-state index >= 15 is 0 Å². The van der Waals surface area contributed by atoms with Crippen LogP contribution in [0.25, 0.3) is 11.2 Å². The van der Waals surface area contributed by atoms with E-state index in [4.69, 9.17) is 33.9 Å². The summed E-state index contributed by atoms with van der Waals surface area (Å²) < 4.78 is 16.7. The highest BCUT2D eigenvalue weighted by molar-refractivity contribution is 6.36. The molecule has 3 heterocycles. The lowest BCUT2D eigenvalue weighted by atomic mass is 9.85. The van der Waals surface area contributed by atoms with Crippen LogP contribution in [0.5, 0.6) is 0 Å². The van der Waals surface area contributed by atoms with E-state index in [9.17, 15) is 14.0 Å². The first kappa shape index (κ1) is 26.4. The number of nitrogens with one attached hydrogen (secondary N) is 2. The highest BCUT2D eigenvalue weighted by Gasteiger charge is 2.30. The summed E-state index contributed by atoms with van der Waals surface area (Å²) in [5.41, 5.74) is 6.69. The number of likely N-dealkylation sites (tertiary alicyclic amines) is 1. The molecule has 2 fully saturated rings. The van der Waals surface area contributed by atoms with Gasteiger partial charge in [0.15, 0.2) is 5.65 Å². The van der Waals surface area contributed by atoms with Crippen LogP contribution in [0.3, 0.4) is 0 Å². The van der Waals surface area contributed by atoms with E-state index in [1.54, 1.807) is 13.1 Å². The molecule has 2 aromatic heterocycles. The number of nitrogens with zero attached hydrogens (tertiary/aromatic N) is 5. The third kappa shape index (κ3) is 5.49. The fourth-order valence-electron chi connectivity index (χ4n) is 5.35. The Hall–Kier alpha value is -3.18. The molecule has 2 aliphatic rings. The molecule has 2 amide bonds. The topological polar surface area (TPSA) is 131 Å². The van der Waals surface area contributed by atoms with Crippen molar-refractivity contribution in [3.05, 3.63) is 34.2 Å². The Balaban J connectivity index is 1.50. The van der Waals surface area contributed by atoms with Crippen molar-refractivity contribution in [3.63, 3.8) is 0 Å². The average Bonchev–Trinajstić information content (AvgIpc) is 3.23. The number of halogens is 3. The van der Waals surface area contributed by atoms with Crippen LogP contribution < -0.4 is 16.4 Å². The molecule has 5 rings (SSSR count). The van der Waals surface area contributed by atoms with Gasteiger partial charge in [-0.1, -0.05) is 23.2 Å². The number of amides is 2. The summed E-state index contributed by atoms with van der Waals surface area (Å²) in [5, 5.41) is 6.70. The molecule has 1 aliphatic heterocycles. The normalized spacial score (nSPS) is 21.9. The second-order valence-corrected chi connectivity index (χ2v) is 10.8. The molecule has 0 bridgehead atoms. The van der Waals surface area contributed by atoms with Crippen molar-refractivity contribution in [2.45, 2.75) is 57.5 Å². The van der Waals surface area contributed by atoms with Gasteiger partial charge in [0.1, 0.15) is 11.3 Å². The van der Waals surface area contributed by atoms with E-state index in [0.29, 0.717) is 55.3 Å². The van der Waals surface area contributed by atoms with Gasteiger partial charge in [-0.2, -0.15) is 4.98 Å². The highest BCUT2D eigenvalue weighted by atomic mass is 35.5. The Labute approximate surface area is 229 Å². The zero-order valence-corrected chi connectivity index (χ0v) is 22.4. The molecule has 1 saturated heterocycles. The Morgan fingerprint density at radius 2 is 1.89 bits per heavy atom. The quantitative estimate of drug-likeness (QED) is 0.398. The number of carbonyl (C=O) groups is 2. The van der Waals surface area contributed by atoms with Crippen molar-refractivity contribution in [2.24, 2.45) is 11.7 Å². The first-order valence-corrected chi connectivity index (χ1v) is 13.4. The Bertz CT molecular complexity index is 1350. The van der Waals surface area contributed by atoms with Crippen molar-refractivity contribution in [2.75, 3.05) is 23.7 Å². The number of piperidine rings is 1. The maximum Gasteiger partial charge on any atom is 0.225 e. The lowest BCUT2D eigenvalue weighted by Crippen LogP contribution is -2.44.